The molecular weight excluding hydrogens is 413 g/mol. The molecule has 0 atom stereocenters. The highest BCUT2D eigenvalue weighted by atomic mass is 32.1. The summed E-state index contributed by atoms with van der Waals surface area (Å²) < 4.78 is 25.9. The van der Waals surface area contributed by atoms with Gasteiger partial charge in [-0.05, 0) is 59.7 Å². The van der Waals surface area contributed by atoms with E-state index >= 15 is 0 Å². The summed E-state index contributed by atoms with van der Waals surface area (Å²) in [4.78, 5) is 0.711. The van der Waals surface area contributed by atoms with Crippen LogP contribution in [0.3, 0.4) is 0 Å². The molecule has 0 unspecified atom stereocenters. The second-order valence-corrected chi connectivity index (χ2v) is 7.38. The molecule has 5 nitrogen and oxygen atoms in total. The van der Waals surface area contributed by atoms with E-state index in [0.29, 0.717) is 10.4 Å². The Morgan fingerprint density at radius 2 is 1.71 bits per heavy atom. The lowest BCUT2D eigenvalue weighted by molar-refractivity contribution is 0.386. The van der Waals surface area contributed by atoms with Crippen LogP contribution < -0.4 is 14.3 Å². The summed E-state index contributed by atoms with van der Waals surface area (Å²) in [5.41, 5.74) is 3.71. The molecule has 0 bridgehead atoms. The Labute approximate surface area is 183 Å². The number of benzene rings is 3. The third-order valence-electron chi connectivity index (χ3n) is 4.63. The second-order valence-electron chi connectivity index (χ2n) is 6.54. The summed E-state index contributed by atoms with van der Waals surface area (Å²) in [5, 5.41) is 10.7. The number of thiazole rings is 1. The lowest BCUT2D eigenvalue weighted by Crippen LogP contribution is -2.13. The van der Waals surface area contributed by atoms with Crippen molar-refractivity contribution in [2.75, 3.05) is 14.2 Å². The number of methoxy groups -OCH3 is 2. The first-order chi connectivity index (χ1) is 15.2. The van der Waals surface area contributed by atoms with E-state index in [-0.39, 0.29) is 5.75 Å². The highest BCUT2D eigenvalue weighted by Crippen LogP contribution is 2.25. The third kappa shape index (κ3) is 4.57. The summed E-state index contributed by atoms with van der Waals surface area (Å²) in [7, 11) is 3.08. The zero-order valence-electron chi connectivity index (χ0n) is 17.0. The largest absolute Gasteiger partial charge is 0.497 e. The van der Waals surface area contributed by atoms with Crippen LogP contribution in [-0.4, -0.2) is 25.0 Å². The molecule has 1 aromatic heterocycles. The standard InChI is InChI=1S/C24H20FN3O2S/c1-29-20-11-9-18(10-12-20)22-16-31-24(28(22)19-6-4-3-5-7-19)27-26-15-17-8-13-21(25)23(14-17)30-2/h3-16H,1-2H3/b26-15+,27-24-. The van der Waals surface area contributed by atoms with Crippen molar-refractivity contribution in [3.63, 3.8) is 0 Å². The van der Waals surface area contributed by atoms with Gasteiger partial charge >= 0.3 is 0 Å². The second kappa shape index (κ2) is 9.40. The fraction of sp³-hybridized carbons (Fsp3) is 0.0833. The van der Waals surface area contributed by atoms with Gasteiger partial charge in [-0.2, -0.15) is 5.10 Å². The first-order valence-electron chi connectivity index (χ1n) is 9.50. The van der Waals surface area contributed by atoms with Gasteiger partial charge in [0.15, 0.2) is 11.6 Å². The van der Waals surface area contributed by atoms with Gasteiger partial charge in [0.05, 0.1) is 26.1 Å². The summed E-state index contributed by atoms with van der Waals surface area (Å²) in [5.74, 6) is 0.552. The van der Waals surface area contributed by atoms with Crippen LogP contribution in [0.5, 0.6) is 11.5 Å². The van der Waals surface area contributed by atoms with Crippen molar-refractivity contribution in [2.24, 2.45) is 10.2 Å². The number of hydrogen-bond acceptors (Lipinski definition) is 5. The zero-order chi connectivity index (χ0) is 21.6. The SMILES string of the molecule is COc1ccc(-c2cs/c(=N\N=C\c3ccc(F)c(OC)c3)n2-c2ccccc2)cc1. The monoisotopic (exact) mass is 433 g/mol. The van der Waals surface area contributed by atoms with Gasteiger partial charge in [-0.25, -0.2) is 4.39 Å². The molecule has 7 heteroatoms. The van der Waals surface area contributed by atoms with Gasteiger partial charge < -0.3 is 9.47 Å². The average molecular weight is 434 g/mol. The Bertz CT molecular complexity index is 1260. The van der Waals surface area contributed by atoms with Gasteiger partial charge in [-0.15, -0.1) is 16.4 Å². The molecule has 3 aromatic carbocycles. The van der Waals surface area contributed by atoms with Gasteiger partial charge in [0.25, 0.3) is 0 Å². The van der Waals surface area contributed by atoms with E-state index in [1.807, 2.05) is 60.0 Å². The van der Waals surface area contributed by atoms with E-state index in [2.05, 4.69) is 14.8 Å². The number of ether oxygens (including phenoxy) is 2. The van der Waals surface area contributed by atoms with E-state index in [4.69, 9.17) is 9.47 Å². The quantitative estimate of drug-likeness (QED) is 0.306. The van der Waals surface area contributed by atoms with Crippen molar-refractivity contribution in [3.8, 4) is 28.4 Å². The minimum absolute atomic E-state index is 0.168. The molecule has 1 heterocycles. The first kappa shape index (κ1) is 20.6. The fourth-order valence-electron chi connectivity index (χ4n) is 3.07. The highest BCUT2D eigenvalue weighted by molar-refractivity contribution is 7.07. The van der Waals surface area contributed by atoms with Gasteiger partial charge in [-0.1, -0.05) is 24.3 Å². The van der Waals surface area contributed by atoms with Crippen LogP contribution >= 0.6 is 11.3 Å². The maximum absolute atomic E-state index is 13.6. The molecule has 0 aliphatic carbocycles. The lowest BCUT2D eigenvalue weighted by atomic mass is 10.1. The summed E-state index contributed by atoms with van der Waals surface area (Å²) in [6.07, 6.45) is 1.57. The Kier molecular flexibility index (Phi) is 6.24. The molecule has 4 rings (SSSR count). The number of para-hydroxylation sites is 1. The van der Waals surface area contributed by atoms with Crippen molar-refractivity contribution in [1.29, 1.82) is 0 Å². The minimum Gasteiger partial charge on any atom is -0.497 e. The van der Waals surface area contributed by atoms with E-state index in [1.165, 1.54) is 24.5 Å². The highest BCUT2D eigenvalue weighted by Gasteiger charge is 2.10. The van der Waals surface area contributed by atoms with E-state index in [9.17, 15) is 4.39 Å². The van der Waals surface area contributed by atoms with E-state index in [0.717, 1.165) is 22.7 Å². The molecule has 0 amide bonds. The predicted octanol–water partition coefficient (Wildman–Crippen LogP) is 5.30. The molecule has 0 saturated heterocycles. The van der Waals surface area contributed by atoms with Crippen LogP contribution in [0.25, 0.3) is 16.9 Å². The average Bonchev–Trinajstić information content (AvgIpc) is 3.24. The fourth-order valence-corrected chi connectivity index (χ4v) is 3.93. The Morgan fingerprint density at radius 1 is 0.935 bits per heavy atom. The van der Waals surface area contributed by atoms with Crippen molar-refractivity contribution >= 4 is 17.6 Å². The van der Waals surface area contributed by atoms with Gasteiger partial charge in [-0.3, -0.25) is 4.57 Å². The van der Waals surface area contributed by atoms with Crippen LogP contribution in [0.1, 0.15) is 5.56 Å². The molecule has 0 aliphatic heterocycles. The molecule has 0 spiro atoms. The third-order valence-corrected chi connectivity index (χ3v) is 5.45. The first-order valence-corrected chi connectivity index (χ1v) is 10.4. The van der Waals surface area contributed by atoms with Crippen molar-refractivity contribution in [2.45, 2.75) is 0 Å². The number of halogens is 1. The molecule has 0 radical (unpaired) electrons. The molecule has 0 fully saturated rings. The number of nitrogens with zero attached hydrogens (tertiary/aromatic N) is 3. The maximum atomic E-state index is 13.6. The molecule has 0 aliphatic rings. The van der Waals surface area contributed by atoms with Gasteiger partial charge in [0, 0.05) is 11.1 Å². The van der Waals surface area contributed by atoms with Crippen molar-refractivity contribution < 1.29 is 13.9 Å². The molecule has 156 valence electrons. The zero-order valence-corrected chi connectivity index (χ0v) is 17.8. The summed E-state index contributed by atoms with van der Waals surface area (Å²) >= 11 is 1.49. The lowest BCUT2D eigenvalue weighted by Gasteiger charge is -2.09. The molecule has 0 N–H and O–H groups in total. The predicted molar refractivity (Wildman–Crippen MR) is 122 cm³/mol. The molecule has 31 heavy (non-hydrogen) atoms. The number of hydrogen-bond donors (Lipinski definition) is 0. The summed E-state index contributed by atoms with van der Waals surface area (Å²) in [6, 6.07) is 22.4. The Balaban J connectivity index is 1.76. The smallest absolute Gasteiger partial charge is 0.215 e. The normalized spacial score (nSPS) is 11.8. The minimum atomic E-state index is -0.416. The Morgan fingerprint density at radius 3 is 2.42 bits per heavy atom. The van der Waals surface area contributed by atoms with Crippen LogP contribution in [-0.2, 0) is 0 Å². The van der Waals surface area contributed by atoms with Crippen LogP contribution in [0.15, 0.2) is 88.4 Å². The molecule has 0 saturated carbocycles. The van der Waals surface area contributed by atoms with E-state index < -0.39 is 5.82 Å². The topological polar surface area (TPSA) is 48.1 Å². The van der Waals surface area contributed by atoms with Gasteiger partial charge in [0.1, 0.15) is 5.75 Å². The van der Waals surface area contributed by atoms with Crippen LogP contribution in [0.2, 0.25) is 0 Å². The van der Waals surface area contributed by atoms with Gasteiger partial charge in [0.2, 0.25) is 4.80 Å². The van der Waals surface area contributed by atoms with Crippen molar-refractivity contribution in [1.82, 2.24) is 4.57 Å². The van der Waals surface area contributed by atoms with Crippen molar-refractivity contribution in [3.05, 3.63) is 94.4 Å². The van der Waals surface area contributed by atoms with Crippen LogP contribution in [0.4, 0.5) is 4.39 Å². The number of rotatable bonds is 6. The number of aromatic nitrogens is 1. The molecular formula is C24H20FN3O2S. The summed E-state index contributed by atoms with van der Waals surface area (Å²) in [6.45, 7) is 0. The molecule has 4 aromatic rings. The Hall–Kier alpha value is -3.71. The maximum Gasteiger partial charge on any atom is 0.215 e. The van der Waals surface area contributed by atoms with E-state index in [1.54, 1.807) is 25.5 Å². The van der Waals surface area contributed by atoms with Crippen LogP contribution in [0, 0.1) is 5.82 Å².